The number of halogens is 2. The molecule has 3 heterocycles. The average molecular weight is 1270 g/mol. The van der Waals surface area contributed by atoms with Crippen molar-refractivity contribution in [2.24, 2.45) is 0 Å². The molecule has 0 atom stereocenters. The van der Waals surface area contributed by atoms with Gasteiger partial charge in [-0.25, -0.2) is 13.8 Å². The third-order valence-electron chi connectivity index (χ3n) is 15.7. The van der Waals surface area contributed by atoms with Gasteiger partial charge in [-0.3, -0.25) is 0 Å². The summed E-state index contributed by atoms with van der Waals surface area (Å²) in [6.07, 6.45) is 1.89. The Hall–Kier alpha value is -7.56. The van der Waals surface area contributed by atoms with Gasteiger partial charge in [-0.2, -0.15) is 6.07 Å². The van der Waals surface area contributed by atoms with Crippen molar-refractivity contribution < 1.29 is 34.6 Å². The van der Waals surface area contributed by atoms with Gasteiger partial charge in [0.05, 0.1) is 11.1 Å². The van der Waals surface area contributed by atoms with Gasteiger partial charge in [0.2, 0.25) is 5.69 Å². The van der Waals surface area contributed by atoms with Crippen LogP contribution >= 0.6 is 0 Å². The number of hydrogen-bond acceptors (Lipinski definition) is 2. The van der Waals surface area contributed by atoms with Crippen LogP contribution in [0.5, 0.6) is 11.5 Å². The van der Waals surface area contributed by atoms with E-state index in [4.69, 9.17) is 9.72 Å². The Morgan fingerprint density at radius 3 is 1.55 bits per heavy atom. The number of ether oxygens (including phenoxy) is 1. The van der Waals surface area contributed by atoms with E-state index in [2.05, 4.69) is 227 Å². The second kappa shape index (κ2) is 21.0. The van der Waals surface area contributed by atoms with Crippen LogP contribution in [0.25, 0.3) is 61.0 Å². The first-order valence-electron chi connectivity index (χ1n) is 28.2. The predicted molar refractivity (Wildman–Crippen MR) is 333 cm³/mol. The van der Waals surface area contributed by atoms with Gasteiger partial charge in [0, 0.05) is 35.3 Å². The van der Waals surface area contributed by atoms with Crippen LogP contribution in [0, 0.1) is 23.8 Å². The standard InChI is InChI=1S/C74H72F2N4O.Pt/c1-70(2,3)49-34-35-77-67(42-49)80-63-21-17-16-20-57(63)58-33-32-55(44-66(58)80)81-56-37-48(68-61(73(10,11)12)40-51(72(7,8)9)41-62(68)74(13,14)15)36-54(43-56)78-45-79(65-23-19-18-22-64(65)78)69-59(46-24-28-52(75)29-25-46)38-50(71(4,5)6)39-60(69)47-26-30-53(76)31-27-47;/h16-42H,1-15H3;/q;+2. The van der Waals surface area contributed by atoms with Crippen LogP contribution in [0.2, 0.25) is 0 Å². The smallest absolute Gasteiger partial charge is 0.509 e. The van der Waals surface area contributed by atoms with Crippen LogP contribution in [0.15, 0.2) is 164 Å². The second-order valence-electron chi connectivity index (χ2n) is 27.0. The van der Waals surface area contributed by atoms with E-state index >= 15 is 0 Å². The van der Waals surface area contributed by atoms with Gasteiger partial charge < -0.3 is 9.30 Å². The maximum atomic E-state index is 14.8. The minimum absolute atomic E-state index is 0. The topological polar surface area (TPSA) is 33.1 Å². The molecule has 8 aromatic carbocycles. The van der Waals surface area contributed by atoms with Gasteiger partial charge in [-0.15, -0.1) is 29.1 Å². The Labute approximate surface area is 498 Å². The van der Waals surface area contributed by atoms with E-state index in [-0.39, 0.29) is 59.8 Å². The molecule has 1 aliphatic heterocycles. The van der Waals surface area contributed by atoms with Crippen LogP contribution < -0.4 is 13.9 Å². The molecule has 0 bridgehead atoms. The summed E-state index contributed by atoms with van der Waals surface area (Å²) in [7, 11) is 0. The normalized spacial score (nSPS) is 13.0. The molecular formula is C74H72F2N4OPt+2. The molecule has 0 unspecified atom stereocenters. The van der Waals surface area contributed by atoms with Crippen LogP contribution in [-0.2, 0) is 48.1 Å². The van der Waals surface area contributed by atoms with E-state index in [1.807, 2.05) is 48.7 Å². The predicted octanol–water partition coefficient (Wildman–Crippen LogP) is 20.2. The average Bonchev–Trinajstić information content (AvgIpc) is 3.71. The molecule has 0 spiro atoms. The number of nitrogens with zero attached hydrogens (tertiary/aromatic N) is 4. The summed E-state index contributed by atoms with van der Waals surface area (Å²) in [5, 5.41) is 2.13. The molecule has 0 aliphatic carbocycles. The van der Waals surface area contributed by atoms with Crippen molar-refractivity contribution in [3.05, 3.63) is 216 Å². The molecule has 1 aliphatic rings. The van der Waals surface area contributed by atoms with Gasteiger partial charge >= 0.3 is 27.1 Å². The van der Waals surface area contributed by atoms with Gasteiger partial charge in [0.25, 0.3) is 11.4 Å². The van der Waals surface area contributed by atoms with Crippen molar-refractivity contribution in [2.45, 2.75) is 131 Å². The van der Waals surface area contributed by atoms with Crippen molar-refractivity contribution >= 4 is 50.6 Å². The van der Waals surface area contributed by atoms with E-state index < -0.39 is 0 Å². The molecule has 0 saturated heterocycles. The van der Waals surface area contributed by atoms with Crippen molar-refractivity contribution in [2.75, 3.05) is 0 Å². The molecule has 0 saturated carbocycles. The number of para-hydroxylation sites is 3. The molecule has 416 valence electrons. The van der Waals surface area contributed by atoms with E-state index in [0.717, 1.165) is 83.6 Å². The number of hydrogen-bond donors (Lipinski definition) is 0. The van der Waals surface area contributed by atoms with Crippen LogP contribution in [-0.4, -0.2) is 15.6 Å². The van der Waals surface area contributed by atoms with Crippen molar-refractivity contribution in [1.82, 2.24) is 18.7 Å². The van der Waals surface area contributed by atoms with Crippen LogP contribution in [0.3, 0.4) is 0 Å². The maximum absolute atomic E-state index is 14.8. The zero-order valence-corrected chi connectivity index (χ0v) is 52.1. The third kappa shape index (κ3) is 11.0. The Kier molecular flexibility index (Phi) is 14.8. The first-order valence-corrected chi connectivity index (χ1v) is 28.2. The minimum Gasteiger partial charge on any atom is -0.509 e. The summed E-state index contributed by atoms with van der Waals surface area (Å²) in [5.74, 6) is 1.18. The second-order valence-corrected chi connectivity index (χ2v) is 27.0. The Morgan fingerprint density at radius 1 is 0.476 bits per heavy atom. The van der Waals surface area contributed by atoms with Crippen molar-refractivity contribution in [3.8, 4) is 50.7 Å². The molecule has 0 N–H and O–H groups in total. The number of aromatic nitrogens is 2. The van der Waals surface area contributed by atoms with Crippen molar-refractivity contribution in [1.29, 1.82) is 0 Å². The summed E-state index contributed by atoms with van der Waals surface area (Å²) in [6.45, 7) is 33.9. The van der Waals surface area contributed by atoms with Gasteiger partial charge in [0.1, 0.15) is 23.1 Å². The molecule has 0 radical (unpaired) electrons. The first-order chi connectivity index (χ1) is 38.1. The Morgan fingerprint density at radius 2 is 1.00 bits per heavy atom. The van der Waals surface area contributed by atoms with Gasteiger partial charge in [0.15, 0.2) is 0 Å². The summed E-state index contributed by atoms with van der Waals surface area (Å²) >= 11 is 0. The molecule has 10 aromatic rings. The van der Waals surface area contributed by atoms with Crippen LogP contribution in [0.4, 0.5) is 31.5 Å². The molecule has 0 amide bonds. The summed E-state index contributed by atoms with van der Waals surface area (Å²) in [6, 6.07) is 63.4. The molecular weight excluding hydrogens is 1190 g/mol. The van der Waals surface area contributed by atoms with E-state index in [9.17, 15) is 8.78 Å². The first kappa shape index (κ1) is 57.7. The zero-order valence-electron chi connectivity index (χ0n) is 49.9. The zero-order chi connectivity index (χ0) is 57.7. The fourth-order valence-corrected chi connectivity index (χ4v) is 11.1. The molecule has 11 rings (SSSR count). The fraction of sp³-hybridized carbons (Fsp3) is 0.270. The summed E-state index contributed by atoms with van der Waals surface area (Å²) in [5.41, 5.74) is 15.6. The Balaban J connectivity index is 0.00000753. The van der Waals surface area contributed by atoms with Crippen LogP contribution in [0.1, 0.15) is 132 Å². The number of benzene rings is 8. The molecule has 5 nitrogen and oxygen atoms in total. The van der Waals surface area contributed by atoms with Gasteiger partial charge in [-0.1, -0.05) is 193 Å². The SMILES string of the molecule is CC(C)(C)c1ccnc(-n2c3[c-]c(Oc4[c-]c([N+]5=C=[N+](c6c(-c7ccc(F)cc7)cc(C(C)(C)C)cc6-c6ccc(F)cc6)c6ccccc65)cc(-c5c(C(C)(C)C)cc(C(C)(C)C)cc5C(C)(C)C)c4)ccc3c3ccccc32)c1.[Pt+2]. The summed E-state index contributed by atoms with van der Waals surface area (Å²) < 4.78 is 43.2. The third-order valence-corrected chi connectivity index (χ3v) is 15.7. The number of fused-ring (bicyclic) bond motifs is 4. The Bertz CT molecular complexity index is 4100. The summed E-state index contributed by atoms with van der Waals surface area (Å²) in [4.78, 5) is 4.95. The maximum Gasteiger partial charge on any atom is 2.00 e. The quantitative estimate of drug-likeness (QED) is 0.112. The molecule has 2 aromatic heterocycles. The molecule has 82 heavy (non-hydrogen) atoms. The van der Waals surface area contributed by atoms with E-state index in [1.165, 1.54) is 46.5 Å². The minimum atomic E-state index is -0.324. The van der Waals surface area contributed by atoms with Gasteiger partial charge in [-0.05, 0) is 136 Å². The van der Waals surface area contributed by atoms with Crippen molar-refractivity contribution in [3.63, 3.8) is 0 Å². The monoisotopic (exact) mass is 1270 g/mol. The largest absolute Gasteiger partial charge is 2.00 e. The molecule has 0 fully saturated rings. The van der Waals surface area contributed by atoms with E-state index in [1.54, 1.807) is 0 Å². The molecule has 8 heteroatoms. The number of pyridine rings is 1. The number of rotatable bonds is 8. The fourth-order valence-electron chi connectivity index (χ4n) is 11.1. The van der Waals surface area contributed by atoms with E-state index in [0.29, 0.717) is 17.2 Å².